The van der Waals surface area contributed by atoms with Gasteiger partial charge in [0.25, 0.3) is 5.91 Å². The van der Waals surface area contributed by atoms with Crippen LogP contribution in [0.15, 0.2) is 48.5 Å². The van der Waals surface area contributed by atoms with E-state index in [9.17, 15) is 9.90 Å². The fourth-order valence-corrected chi connectivity index (χ4v) is 2.97. The van der Waals surface area contributed by atoms with Gasteiger partial charge < -0.3 is 15.0 Å². The van der Waals surface area contributed by atoms with Crippen LogP contribution in [0.25, 0.3) is 11.0 Å². The summed E-state index contributed by atoms with van der Waals surface area (Å²) in [6.45, 7) is 3.83. The molecule has 3 aromatic rings. The molecule has 2 unspecified atom stereocenters. The third-order valence-electron chi connectivity index (χ3n) is 4.51. The smallest absolute Gasteiger partial charge is 0.251 e. The Morgan fingerprint density at radius 3 is 2.68 bits per heavy atom. The summed E-state index contributed by atoms with van der Waals surface area (Å²) in [6.07, 6.45) is -0.141. The molecule has 0 radical (unpaired) electrons. The number of nitrogens with zero attached hydrogens (tertiary/aromatic N) is 2. The summed E-state index contributed by atoms with van der Waals surface area (Å²) in [7, 11) is 1.96. The lowest BCUT2D eigenvalue weighted by Gasteiger charge is -2.18. The lowest BCUT2D eigenvalue weighted by molar-refractivity contribution is 0.0917. The fourth-order valence-electron chi connectivity index (χ4n) is 2.97. The molecule has 0 saturated carbocycles. The average molecular weight is 337 g/mol. The van der Waals surface area contributed by atoms with Crippen molar-refractivity contribution in [2.45, 2.75) is 32.4 Å². The SMILES string of the molecule is Cc1nc2cc(C(=O)NC(C)CC(O)c3ccccc3)ccc2n1C. The number of aromatic nitrogens is 2. The maximum Gasteiger partial charge on any atom is 0.251 e. The summed E-state index contributed by atoms with van der Waals surface area (Å²) in [5.74, 6) is 0.755. The van der Waals surface area contributed by atoms with Gasteiger partial charge in [-0.3, -0.25) is 4.79 Å². The largest absolute Gasteiger partial charge is 0.388 e. The van der Waals surface area contributed by atoms with Crippen molar-refractivity contribution in [3.63, 3.8) is 0 Å². The monoisotopic (exact) mass is 337 g/mol. The van der Waals surface area contributed by atoms with Crippen molar-refractivity contribution in [2.24, 2.45) is 7.05 Å². The first-order valence-electron chi connectivity index (χ1n) is 8.42. The Hall–Kier alpha value is -2.66. The van der Waals surface area contributed by atoms with E-state index in [-0.39, 0.29) is 11.9 Å². The molecule has 0 aliphatic heterocycles. The zero-order valence-electron chi connectivity index (χ0n) is 14.7. The highest BCUT2D eigenvalue weighted by Crippen LogP contribution is 2.19. The molecule has 2 atom stereocenters. The Morgan fingerprint density at radius 1 is 1.24 bits per heavy atom. The molecule has 2 aromatic carbocycles. The van der Waals surface area contributed by atoms with Crippen molar-refractivity contribution >= 4 is 16.9 Å². The molecule has 0 aliphatic rings. The second-order valence-electron chi connectivity index (χ2n) is 6.46. The van der Waals surface area contributed by atoms with Gasteiger partial charge in [-0.2, -0.15) is 0 Å². The Labute approximate surface area is 147 Å². The number of imidazole rings is 1. The molecule has 0 aliphatic carbocycles. The van der Waals surface area contributed by atoms with Gasteiger partial charge in [0.05, 0.1) is 17.1 Å². The normalized spacial score (nSPS) is 13.6. The van der Waals surface area contributed by atoms with Crippen LogP contribution < -0.4 is 5.32 Å². The van der Waals surface area contributed by atoms with E-state index < -0.39 is 6.10 Å². The maximum absolute atomic E-state index is 12.5. The first-order valence-corrected chi connectivity index (χ1v) is 8.42. The van der Waals surface area contributed by atoms with E-state index in [0.29, 0.717) is 12.0 Å². The van der Waals surface area contributed by atoms with Crippen LogP contribution in [0.3, 0.4) is 0 Å². The minimum atomic E-state index is -0.600. The molecular formula is C20H23N3O2. The predicted octanol–water partition coefficient (Wildman–Crippen LogP) is 3.12. The number of carbonyl (C=O) groups is 1. The van der Waals surface area contributed by atoms with Crippen LogP contribution in [0.4, 0.5) is 0 Å². The fraction of sp³-hybridized carbons (Fsp3) is 0.300. The highest BCUT2D eigenvalue weighted by molar-refractivity contribution is 5.97. The maximum atomic E-state index is 12.5. The van der Waals surface area contributed by atoms with E-state index in [4.69, 9.17) is 0 Å². The van der Waals surface area contributed by atoms with Crippen molar-refractivity contribution in [1.29, 1.82) is 0 Å². The summed E-state index contributed by atoms with van der Waals surface area (Å²) in [4.78, 5) is 16.9. The Balaban J connectivity index is 1.67. The molecule has 5 heteroatoms. The molecule has 25 heavy (non-hydrogen) atoms. The molecule has 0 spiro atoms. The van der Waals surface area contributed by atoms with Crippen LogP contribution in [0, 0.1) is 6.92 Å². The number of aryl methyl sites for hydroxylation is 2. The molecule has 1 amide bonds. The van der Waals surface area contributed by atoms with Crippen LogP contribution >= 0.6 is 0 Å². The number of aliphatic hydroxyl groups excluding tert-OH is 1. The molecule has 0 fully saturated rings. The van der Waals surface area contributed by atoms with E-state index in [1.807, 2.05) is 61.9 Å². The third kappa shape index (κ3) is 3.72. The van der Waals surface area contributed by atoms with Gasteiger partial charge in [-0.15, -0.1) is 0 Å². The molecule has 1 aromatic heterocycles. The van der Waals surface area contributed by atoms with E-state index in [1.165, 1.54) is 0 Å². The predicted molar refractivity (Wildman–Crippen MR) is 98.4 cm³/mol. The summed E-state index contributed by atoms with van der Waals surface area (Å²) < 4.78 is 2.00. The number of aliphatic hydroxyl groups is 1. The standard InChI is InChI=1S/C20H23N3O2/c1-13(11-19(24)15-7-5-4-6-8-15)21-20(25)16-9-10-18-17(12-16)22-14(2)23(18)3/h4-10,12-13,19,24H,11H2,1-3H3,(H,21,25). The number of hydrogen-bond donors (Lipinski definition) is 2. The number of amides is 1. The van der Waals surface area contributed by atoms with Gasteiger partial charge in [-0.1, -0.05) is 30.3 Å². The van der Waals surface area contributed by atoms with E-state index in [1.54, 1.807) is 12.1 Å². The molecule has 3 rings (SSSR count). The van der Waals surface area contributed by atoms with Gasteiger partial charge in [0.15, 0.2) is 0 Å². The lowest BCUT2D eigenvalue weighted by Crippen LogP contribution is -2.33. The summed E-state index contributed by atoms with van der Waals surface area (Å²) in [6, 6.07) is 14.8. The van der Waals surface area contributed by atoms with Crippen molar-refractivity contribution in [3.8, 4) is 0 Å². The van der Waals surface area contributed by atoms with E-state index >= 15 is 0 Å². The third-order valence-corrected chi connectivity index (χ3v) is 4.51. The van der Waals surface area contributed by atoms with Crippen LogP contribution in [-0.4, -0.2) is 26.6 Å². The summed E-state index contributed by atoms with van der Waals surface area (Å²) in [5.41, 5.74) is 3.24. The minimum Gasteiger partial charge on any atom is -0.388 e. The number of nitrogens with one attached hydrogen (secondary N) is 1. The quantitative estimate of drug-likeness (QED) is 0.752. The van der Waals surface area contributed by atoms with Gasteiger partial charge in [0.2, 0.25) is 0 Å². The van der Waals surface area contributed by atoms with Crippen LogP contribution in [0.2, 0.25) is 0 Å². The van der Waals surface area contributed by atoms with Gasteiger partial charge >= 0.3 is 0 Å². The van der Waals surface area contributed by atoms with Crippen molar-refractivity contribution < 1.29 is 9.90 Å². The van der Waals surface area contributed by atoms with Crippen molar-refractivity contribution in [2.75, 3.05) is 0 Å². The Kier molecular flexibility index (Phi) is 4.86. The molecule has 0 bridgehead atoms. The van der Waals surface area contributed by atoms with Crippen molar-refractivity contribution in [1.82, 2.24) is 14.9 Å². The van der Waals surface area contributed by atoms with Gasteiger partial charge in [0.1, 0.15) is 5.82 Å². The van der Waals surface area contributed by atoms with Crippen molar-refractivity contribution in [3.05, 3.63) is 65.5 Å². The first-order chi connectivity index (χ1) is 12.0. The molecule has 1 heterocycles. The van der Waals surface area contributed by atoms with Crippen LogP contribution in [0.1, 0.15) is 41.2 Å². The number of fused-ring (bicyclic) bond motifs is 1. The number of rotatable bonds is 5. The summed E-state index contributed by atoms with van der Waals surface area (Å²) in [5, 5.41) is 13.2. The Morgan fingerprint density at radius 2 is 1.96 bits per heavy atom. The average Bonchev–Trinajstić information content (AvgIpc) is 2.89. The van der Waals surface area contributed by atoms with Gasteiger partial charge in [-0.25, -0.2) is 4.98 Å². The zero-order valence-corrected chi connectivity index (χ0v) is 14.7. The second kappa shape index (κ2) is 7.07. The molecule has 5 nitrogen and oxygen atoms in total. The topological polar surface area (TPSA) is 67.2 Å². The molecule has 130 valence electrons. The molecule has 2 N–H and O–H groups in total. The minimum absolute atomic E-state index is 0.149. The van der Waals surface area contributed by atoms with E-state index in [0.717, 1.165) is 22.4 Å². The lowest BCUT2D eigenvalue weighted by atomic mass is 10.0. The number of benzene rings is 2. The number of carbonyl (C=O) groups excluding carboxylic acids is 1. The molecule has 0 saturated heterocycles. The van der Waals surface area contributed by atoms with E-state index in [2.05, 4.69) is 10.3 Å². The first kappa shape index (κ1) is 17.2. The van der Waals surface area contributed by atoms with Gasteiger partial charge in [-0.05, 0) is 44.0 Å². The van der Waals surface area contributed by atoms with Crippen LogP contribution in [-0.2, 0) is 7.05 Å². The molecular weight excluding hydrogens is 314 g/mol. The van der Waals surface area contributed by atoms with Crippen LogP contribution in [0.5, 0.6) is 0 Å². The Bertz CT molecular complexity index is 887. The second-order valence-corrected chi connectivity index (χ2v) is 6.46. The highest BCUT2D eigenvalue weighted by atomic mass is 16.3. The van der Waals surface area contributed by atoms with Gasteiger partial charge in [0, 0.05) is 18.7 Å². The zero-order chi connectivity index (χ0) is 18.0. The highest BCUT2D eigenvalue weighted by Gasteiger charge is 2.16. The number of hydrogen-bond acceptors (Lipinski definition) is 3. The summed E-state index contributed by atoms with van der Waals surface area (Å²) >= 11 is 0.